The fourth-order valence-corrected chi connectivity index (χ4v) is 2.16. The van der Waals surface area contributed by atoms with E-state index in [2.05, 4.69) is 6.07 Å². The average molecular weight is 272 g/mol. The molecular formula is C17H20O3. The lowest BCUT2D eigenvalue weighted by atomic mass is 10.0. The summed E-state index contributed by atoms with van der Waals surface area (Å²) in [5, 5.41) is 0. The molecule has 0 radical (unpaired) electrons. The van der Waals surface area contributed by atoms with Gasteiger partial charge in [0.05, 0.1) is 20.8 Å². The summed E-state index contributed by atoms with van der Waals surface area (Å²) in [5.41, 5.74) is 2.33. The van der Waals surface area contributed by atoms with Crippen molar-refractivity contribution in [2.75, 3.05) is 20.8 Å². The molecule has 2 aromatic rings. The van der Waals surface area contributed by atoms with Gasteiger partial charge in [-0.2, -0.15) is 0 Å². The van der Waals surface area contributed by atoms with Crippen LogP contribution < -0.4 is 14.2 Å². The predicted octanol–water partition coefficient (Wildman–Crippen LogP) is 3.69. The smallest absolute Gasteiger partial charge is 0.160 e. The second kappa shape index (κ2) is 6.85. The summed E-state index contributed by atoms with van der Waals surface area (Å²) in [6, 6.07) is 14.1. The Kier molecular flexibility index (Phi) is 4.88. The molecule has 106 valence electrons. The summed E-state index contributed by atoms with van der Waals surface area (Å²) in [6.45, 7) is 2.66. The zero-order valence-electron chi connectivity index (χ0n) is 12.2. The summed E-state index contributed by atoms with van der Waals surface area (Å²) in [5.74, 6) is 2.43. The Morgan fingerprint density at radius 3 is 2.30 bits per heavy atom. The largest absolute Gasteiger partial charge is 0.494 e. The van der Waals surface area contributed by atoms with E-state index in [9.17, 15) is 0 Å². The highest BCUT2D eigenvalue weighted by Crippen LogP contribution is 2.29. The van der Waals surface area contributed by atoms with Gasteiger partial charge < -0.3 is 14.2 Å². The molecule has 3 heteroatoms. The molecule has 0 saturated heterocycles. The van der Waals surface area contributed by atoms with Gasteiger partial charge in [-0.05, 0) is 36.2 Å². The highest BCUT2D eigenvalue weighted by molar-refractivity contribution is 5.45. The molecule has 0 aromatic heterocycles. The van der Waals surface area contributed by atoms with Crippen LogP contribution in [0.1, 0.15) is 18.1 Å². The van der Waals surface area contributed by atoms with E-state index < -0.39 is 0 Å². The molecule has 2 rings (SSSR count). The molecule has 0 aliphatic rings. The zero-order valence-corrected chi connectivity index (χ0v) is 12.2. The summed E-state index contributed by atoms with van der Waals surface area (Å²) in [7, 11) is 3.29. The zero-order chi connectivity index (χ0) is 14.4. The summed E-state index contributed by atoms with van der Waals surface area (Å²) < 4.78 is 16.2. The van der Waals surface area contributed by atoms with Gasteiger partial charge in [-0.3, -0.25) is 0 Å². The summed E-state index contributed by atoms with van der Waals surface area (Å²) in [4.78, 5) is 0. The predicted molar refractivity (Wildman–Crippen MR) is 80.0 cm³/mol. The lowest BCUT2D eigenvalue weighted by Gasteiger charge is -2.12. The van der Waals surface area contributed by atoms with E-state index in [1.165, 1.54) is 5.56 Å². The van der Waals surface area contributed by atoms with E-state index in [0.717, 1.165) is 29.2 Å². The number of para-hydroxylation sites is 1. The highest BCUT2D eigenvalue weighted by Gasteiger charge is 2.08. The molecule has 0 saturated carbocycles. The van der Waals surface area contributed by atoms with Crippen molar-refractivity contribution in [3.8, 4) is 17.2 Å². The Bertz CT molecular complexity index is 564. The quantitative estimate of drug-likeness (QED) is 0.802. The van der Waals surface area contributed by atoms with Crippen LogP contribution >= 0.6 is 0 Å². The maximum atomic E-state index is 5.65. The Hall–Kier alpha value is -2.16. The first-order valence-electron chi connectivity index (χ1n) is 6.70. The average Bonchev–Trinajstić information content (AvgIpc) is 2.49. The van der Waals surface area contributed by atoms with Crippen LogP contribution in [0.3, 0.4) is 0 Å². The molecular weight excluding hydrogens is 252 g/mol. The van der Waals surface area contributed by atoms with Crippen molar-refractivity contribution in [1.29, 1.82) is 0 Å². The van der Waals surface area contributed by atoms with E-state index in [1.807, 2.05) is 43.3 Å². The maximum absolute atomic E-state index is 5.65. The van der Waals surface area contributed by atoms with E-state index in [0.29, 0.717) is 6.61 Å². The van der Waals surface area contributed by atoms with Crippen molar-refractivity contribution in [3.05, 3.63) is 53.6 Å². The normalized spacial score (nSPS) is 10.2. The Labute approximate surface area is 120 Å². The van der Waals surface area contributed by atoms with Gasteiger partial charge in [0.1, 0.15) is 5.75 Å². The van der Waals surface area contributed by atoms with Crippen LogP contribution in [-0.4, -0.2) is 20.8 Å². The topological polar surface area (TPSA) is 27.7 Å². The lowest BCUT2D eigenvalue weighted by molar-refractivity contribution is 0.337. The van der Waals surface area contributed by atoms with Gasteiger partial charge in [0.15, 0.2) is 11.5 Å². The first-order valence-corrected chi connectivity index (χ1v) is 6.70. The van der Waals surface area contributed by atoms with Crippen molar-refractivity contribution in [3.63, 3.8) is 0 Å². The van der Waals surface area contributed by atoms with Crippen LogP contribution in [0.15, 0.2) is 42.5 Å². The number of benzene rings is 2. The van der Waals surface area contributed by atoms with E-state index in [-0.39, 0.29) is 0 Å². The molecule has 0 spiro atoms. The third kappa shape index (κ3) is 3.23. The molecule has 0 amide bonds. The summed E-state index contributed by atoms with van der Waals surface area (Å²) >= 11 is 0. The Morgan fingerprint density at radius 1 is 0.850 bits per heavy atom. The van der Waals surface area contributed by atoms with Gasteiger partial charge >= 0.3 is 0 Å². The second-order valence-electron chi connectivity index (χ2n) is 4.41. The number of rotatable bonds is 6. The fourth-order valence-electron chi connectivity index (χ4n) is 2.16. The standard InChI is InChI=1S/C17H20O3/c1-4-20-15-8-6-5-7-14(15)11-13-9-10-16(18-2)17(12-13)19-3/h5-10,12H,4,11H2,1-3H3. The Balaban J connectivity index is 2.26. The second-order valence-corrected chi connectivity index (χ2v) is 4.41. The molecule has 0 bridgehead atoms. The fraction of sp³-hybridized carbons (Fsp3) is 0.294. The van der Waals surface area contributed by atoms with Gasteiger partial charge in [0.25, 0.3) is 0 Å². The van der Waals surface area contributed by atoms with Crippen molar-refractivity contribution in [2.45, 2.75) is 13.3 Å². The minimum Gasteiger partial charge on any atom is -0.494 e. The van der Waals surface area contributed by atoms with Gasteiger partial charge in [-0.25, -0.2) is 0 Å². The number of hydrogen-bond acceptors (Lipinski definition) is 3. The van der Waals surface area contributed by atoms with Gasteiger partial charge in [-0.15, -0.1) is 0 Å². The van der Waals surface area contributed by atoms with Crippen LogP contribution in [0.25, 0.3) is 0 Å². The third-order valence-corrected chi connectivity index (χ3v) is 3.11. The maximum Gasteiger partial charge on any atom is 0.160 e. The van der Waals surface area contributed by atoms with Crippen LogP contribution in [-0.2, 0) is 6.42 Å². The molecule has 0 unspecified atom stereocenters. The molecule has 20 heavy (non-hydrogen) atoms. The molecule has 0 fully saturated rings. The van der Waals surface area contributed by atoms with Gasteiger partial charge in [0, 0.05) is 6.42 Å². The van der Waals surface area contributed by atoms with Crippen molar-refractivity contribution in [2.24, 2.45) is 0 Å². The SMILES string of the molecule is CCOc1ccccc1Cc1ccc(OC)c(OC)c1. The molecule has 0 N–H and O–H groups in total. The molecule has 3 nitrogen and oxygen atoms in total. The Morgan fingerprint density at radius 2 is 1.60 bits per heavy atom. The van der Waals surface area contributed by atoms with Crippen LogP contribution in [0, 0.1) is 0 Å². The number of ether oxygens (including phenoxy) is 3. The van der Waals surface area contributed by atoms with Crippen molar-refractivity contribution in [1.82, 2.24) is 0 Å². The molecule has 0 aliphatic heterocycles. The molecule has 0 heterocycles. The van der Waals surface area contributed by atoms with Crippen molar-refractivity contribution >= 4 is 0 Å². The minimum absolute atomic E-state index is 0.670. The van der Waals surface area contributed by atoms with Gasteiger partial charge in [-0.1, -0.05) is 24.3 Å². The van der Waals surface area contributed by atoms with Crippen molar-refractivity contribution < 1.29 is 14.2 Å². The molecule has 0 aliphatic carbocycles. The van der Waals surface area contributed by atoms with Crippen LogP contribution in [0.2, 0.25) is 0 Å². The molecule has 2 aromatic carbocycles. The van der Waals surface area contributed by atoms with Crippen LogP contribution in [0.4, 0.5) is 0 Å². The monoisotopic (exact) mass is 272 g/mol. The minimum atomic E-state index is 0.670. The third-order valence-electron chi connectivity index (χ3n) is 3.11. The lowest BCUT2D eigenvalue weighted by Crippen LogP contribution is -1.98. The van der Waals surface area contributed by atoms with E-state index in [4.69, 9.17) is 14.2 Å². The van der Waals surface area contributed by atoms with Gasteiger partial charge in [0.2, 0.25) is 0 Å². The van der Waals surface area contributed by atoms with Crippen LogP contribution in [0.5, 0.6) is 17.2 Å². The molecule has 0 atom stereocenters. The first kappa shape index (κ1) is 14.3. The number of hydrogen-bond donors (Lipinski definition) is 0. The number of methoxy groups -OCH3 is 2. The van der Waals surface area contributed by atoms with E-state index >= 15 is 0 Å². The van der Waals surface area contributed by atoms with E-state index in [1.54, 1.807) is 14.2 Å². The summed E-state index contributed by atoms with van der Waals surface area (Å²) in [6.07, 6.45) is 0.802. The first-order chi connectivity index (χ1) is 9.78. The highest BCUT2D eigenvalue weighted by atomic mass is 16.5.